The Balaban J connectivity index is 2.32. The van der Waals surface area contributed by atoms with Crippen LogP contribution in [-0.4, -0.2) is 27.0 Å². The number of methoxy groups -OCH3 is 1. The van der Waals surface area contributed by atoms with Gasteiger partial charge in [0.25, 0.3) is 0 Å². The molecule has 2 rings (SSSR count). The molecule has 0 saturated heterocycles. The Bertz CT molecular complexity index is 561. The average Bonchev–Trinajstić information content (AvgIpc) is 2.45. The summed E-state index contributed by atoms with van der Waals surface area (Å²) in [5.41, 5.74) is 2.18. The van der Waals surface area contributed by atoms with Gasteiger partial charge in [0.05, 0.1) is 14.3 Å². The number of pyridine rings is 1. The number of benzene rings is 1. The van der Waals surface area contributed by atoms with Crippen LogP contribution in [0.1, 0.15) is 0 Å². The van der Waals surface area contributed by atoms with Crippen LogP contribution in [-0.2, 0) is 4.74 Å². The molecule has 0 N–H and O–H groups in total. The van der Waals surface area contributed by atoms with E-state index in [1.54, 1.807) is 19.5 Å². The summed E-state index contributed by atoms with van der Waals surface area (Å²) >= 11 is 0. The number of hydrogen-bond donors (Lipinski definition) is 0. The number of hydrogen-bond acceptors (Lipinski definition) is 3. The van der Waals surface area contributed by atoms with Gasteiger partial charge in [-0.1, -0.05) is 49.1 Å². The highest BCUT2D eigenvalue weighted by atomic mass is 28.3. The van der Waals surface area contributed by atoms with Gasteiger partial charge in [0.1, 0.15) is 5.75 Å². The van der Waals surface area contributed by atoms with Gasteiger partial charge in [-0.3, -0.25) is 4.98 Å². The summed E-state index contributed by atoms with van der Waals surface area (Å²) in [5.74, 6) is 0.745. The second-order valence-corrected chi connectivity index (χ2v) is 10.8. The van der Waals surface area contributed by atoms with E-state index in [1.165, 1.54) is 5.19 Å². The minimum atomic E-state index is -1.26. The molecule has 0 bridgehead atoms. The maximum Gasteiger partial charge on any atom is 0.188 e. The predicted molar refractivity (Wildman–Crippen MR) is 85.2 cm³/mol. The minimum absolute atomic E-state index is 0.228. The molecule has 106 valence electrons. The average molecular weight is 287 g/mol. The van der Waals surface area contributed by atoms with Gasteiger partial charge in [-0.15, -0.1) is 0 Å². The number of rotatable bonds is 5. The third-order valence-corrected chi connectivity index (χ3v) is 5.24. The molecule has 1 heterocycles. The topological polar surface area (TPSA) is 31.4 Å². The molecule has 0 aliphatic rings. The van der Waals surface area contributed by atoms with E-state index in [-0.39, 0.29) is 6.79 Å². The molecule has 3 nitrogen and oxygen atoms in total. The van der Waals surface area contributed by atoms with Crippen molar-refractivity contribution in [3.63, 3.8) is 0 Å². The number of nitrogens with zero attached hydrogens (tertiary/aromatic N) is 1. The first kappa shape index (κ1) is 14.7. The molecule has 0 atom stereocenters. The highest BCUT2D eigenvalue weighted by Crippen LogP contribution is 2.28. The molecule has 1 aromatic heterocycles. The van der Waals surface area contributed by atoms with E-state index in [9.17, 15) is 0 Å². The van der Waals surface area contributed by atoms with E-state index in [0.29, 0.717) is 0 Å². The van der Waals surface area contributed by atoms with Crippen LogP contribution in [0.4, 0.5) is 0 Å². The Morgan fingerprint density at radius 2 is 1.75 bits per heavy atom. The van der Waals surface area contributed by atoms with Crippen LogP contribution in [0.25, 0.3) is 11.1 Å². The first-order valence-corrected chi connectivity index (χ1v) is 10.2. The minimum Gasteiger partial charge on any atom is -0.465 e. The SMILES string of the molecule is COCOc1cnccc1-c1ccc([Si](C)(C)C)cc1. The fraction of sp³-hybridized carbons (Fsp3) is 0.312. The summed E-state index contributed by atoms with van der Waals surface area (Å²) in [6, 6.07) is 10.7. The van der Waals surface area contributed by atoms with Crippen molar-refractivity contribution >= 4 is 13.3 Å². The molecule has 4 heteroatoms. The van der Waals surface area contributed by atoms with Gasteiger partial charge >= 0.3 is 0 Å². The van der Waals surface area contributed by atoms with E-state index in [2.05, 4.69) is 48.9 Å². The first-order valence-electron chi connectivity index (χ1n) is 6.69. The molecular weight excluding hydrogens is 266 g/mol. The van der Waals surface area contributed by atoms with Crippen LogP contribution >= 0.6 is 0 Å². The van der Waals surface area contributed by atoms with E-state index < -0.39 is 8.07 Å². The first-order chi connectivity index (χ1) is 9.52. The van der Waals surface area contributed by atoms with Crippen LogP contribution in [0.5, 0.6) is 5.75 Å². The molecular formula is C16H21NO2Si. The lowest BCUT2D eigenvalue weighted by Crippen LogP contribution is -2.37. The van der Waals surface area contributed by atoms with Gasteiger partial charge in [0, 0.05) is 18.9 Å². The van der Waals surface area contributed by atoms with Gasteiger partial charge in [-0.25, -0.2) is 0 Å². The van der Waals surface area contributed by atoms with Gasteiger partial charge in [0.15, 0.2) is 6.79 Å². The van der Waals surface area contributed by atoms with Gasteiger partial charge in [0.2, 0.25) is 0 Å². The highest BCUT2D eigenvalue weighted by molar-refractivity contribution is 6.88. The lowest BCUT2D eigenvalue weighted by molar-refractivity contribution is 0.0513. The summed E-state index contributed by atoms with van der Waals surface area (Å²) in [6.45, 7) is 7.27. The summed E-state index contributed by atoms with van der Waals surface area (Å²) in [4.78, 5) is 4.11. The van der Waals surface area contributed by atoms with Gasteiger partial charge in [-0.05, 0) is 11.6 Å². The lowest BCUT2D eigenvalue weighted by Gasteiger charge is -2.17. The maximum atomic E-state index is 5.56. The zero-order valence-corrected chi connectivity index (χ0v) is 13.5. The molecule has 0 fully saturated rings. The van der Waals surface area contributed by atoms with Crippen LogP contribution in [0.15, 0.2) is 42.7 Å². The quantitative estimate of drug-likeness (QED) is 0.625. The number of aromatic nitrogens is 1. The number of ether oxygens (including phenoxy) is 2. The Morgan fingerprint density at radius 1 is 1.05 bits per heavy atom. The van der Waals surface area contributed by atoms with E-state index in [0.717, 1.165) is 16.9 Å². The summed E-state index contributed by atoms with van der Waals surface area (Å²) in [7, 11) is 0.355. The maximum absolute atomic E-state index is 5.56. The monoisotopic (exact) mass is 287 g/mol. The zero-order valence-electron chi connectivity index (χ0n) is 12.5. The highest BCUT2D eigenvalue weighted by Gasteiger charge is 2.16. The van der Waals surface area contributed by atoms with Crippen molar-refractivity contribution in [2.75, 3.05) is 13.9 Å². The van der Waals surface area contributed by atoms with E-state index >= 15 is 0 Å². The van der Waals surface area contributed by atoms with Crippen molar-refractivity contribution in [1.29, 1.82) is 0 Å². The predicted octanol–water partition coefficient (Wildman–Crippen LogP) is 3.28. The van der Waals surface area contributed by atoms with Crippen LogP contribution in [0.3, 0.4) is 0 Å². The van der Waals surface area contributed by atoms with Gasteiger partial charge in [-0.2, -0.15) is 0 Å². The van der Waals surface area contributed by atoms with Crippen molar-refractivity contribution in [1.82, 2.24) is 4.98 Å². The van der Waals surface area contributed by atoms with Crippen LogP contribution in [0, 0.1) is 0 Å². The molecule has 0 saturated carbocycles. The fourth-order valence-electron chi connectivity index (χ4n) is 2.01. The molecule has 1 aromatic carbocycles. The molecule has 0 unspecified atom stereocenters. The van der Waals surface area contributed by atoms with Crippen molar-refractivity contribution in [2.24, 2.45) is 0 Å². The Hall–Kier alpha value is -1.65. The standard InChI is InChI=1S/C16H21NO2Si/c1-18-12-19-16-11-17-10-9-15(16)13-5-7-14(8-6-13)20(2,3)4/h5-11H,12H2,1-4H3. The summed E-state index contributed by atoms with van der Waals surface area (Å²) in [5, 5.41) is 1.45. The molecule has 20 heavy (non-hydrogen) atoms. The van der Waals surface area contributed by atoms with Gasteiger partial charge < -0.3 is 9.47 Å². The third kappa shape index (κ3) is 3.46. The van der Waals surface area contributed by atoms with E-state index in [1.807, 2.05) is 6.07 Å². The van der Waals surface area contributed by atoms with Crippen LogP contribution in [0.2, 0.25) is 19.6 Å². The molecule has 0 amide bonds. The Morgan fingerprint density at radius 3 is 2.35 bits per heavy atom. The summed E-state index contributed by atoms with van der Waals surface area (Å²) in [6.07, 6.45) is 3.50. The smallest absolute Gasteiger partial charge is 0.188 e. The third-order valence-electron chi connectivity index (χ3n) is 3.18. The van der Waals surface area contributed by atoms with Crippen molar-refractivity contribution in [3.8, 4) is 16.9 Å². The fourth-order valence-corrected chi connectivity index (χ4v) is 3.17. The molecule has 0 radical (unpaired) electrons. The Labute approximate surface area is 121 Å². The normalized spacial score (nSPS) is 11.4. The largest absolute Gasteiger partial charge is 0.465 e. The van der Waals surface area contributed by atoms with Crippen molar-refractivity contribution < 1.29 is 9.47 Å². The Kier molecular flexibility index (Phi) is 4.57. The second kappa shape index (κ2) is 6.20. The zero-order chi connectivity index (χ0) is 14.6. The molecule has 0 aliphatic heterocycles. The summed E-state index contributed by atoms with van der Waals surface area (Å²) < 4.78 is 10.5. The molecule has 2 aromatic rings. The molecule has 0 spiro atoms. The van der Waals surface area contributed by atoms with Crippen molar-refractivity contribution in [2.45, 2.75) is 19.6 Å². The van der Waals surface area contributed by atoms with Crippen molar-refractivity contribution in [3.05, 3.63) is 42.7 Å². The molecule has 0 aliphatic carbocycles. The van der Waals surface area contributed by atoms with E-state index in [4.69, 9.17) is 9.47 Å². The second-order valence-electron chi connectivity index (χ2n) is 5.75. The lowest BCUT2D eigenvalue weighted by atomic mass is 10.1. The van der Waals surface area contributed by atoms with Crippen LogP contribution < -0.4 is 9.92 Å².